The third-order valence-electron chi connectivity index (χ3n) is 2.40. The second-order valence-electron chi connectivity index (χ2n) is 4.57. The number of aromatic nitrogens is 2. The normalized spacial score (nSPS) is 13.6. The van der Waals surface area contributed by atoms with E-state index in [1.165, 1.54) is 0 Å². The first kappa shape index (κ1) is 17.3. The molecule has 0 amide bonds. The highest BCUT2D eigenvalue weighted by Gasteiger charge is 2.41. The van der Waals surface area contributed by atoms with Gasteiger partial charge in [0, 0.05) is 12.8 Å². The molecule has 21 heavy (non-hydrogen) atoms. The van der Waals surface area contributed by atoms with Gasteiger partial charge < -0.3 is 14.4 Å². The van der Waals surface area contributed by atoms with Crippen molar-refractivity contribution in [2.75, 3.05) is 6.61 Å². The van der Waals surface area contributed by atoms with Crippen molar-refractivity contribution in [3.8, 4) is 0 Å². The largest absolute Gasteiger partial charge is 0.481 e. The molecule has 0 aliphatic rings. The summed E-state index contributed by atoms with van der Waals surface area (Å²) in [5, 5.41) is 12.0. The zero-order valence-corrected chi connectivity index (χ0v) is 11.1. The van der Waals surface area contributed by atoms with Crippen molar-refractivity contribution in [3.05, 3.63) is 11.7 Å². The zero-order valence-electron chi connectivity index (χ0n) is 11.1. The zero-order chi connectivity index (χ0) is 16.0. The number of ether oxygens (including phenoxy) is 1. The SMILES string of the molecule is CC(CC(=O)O)Cc1nc(COCC(F)(F)C(F)F)no1. The Balaban J connectivity index is 2.40. The van der Waals surface area contributed by atoms with Crippen molar-refractivity contribution in [3.63, 3.8) is 0 Å². The molecule has 0 radical (unpaired) electrons. The van der Waals surface area contributed by atoms with E-state index >= 15 is 0 Å². The van der Waals surface area contributed by atoms with Crippen molar-refractivity contribution >= 4 is 5.97 Å². The van der Waals surface area contributed by atoms with Crippen molar-refractivity contribution in [1.29, 1.82) is 0 Å². The van der Waals surface area contributed by atoms with Gasteiger partial charge in [0.15, 0.2) is 5.82 Å². The van der Waals surface area contributed by atoms with Gasteiger partial charge in [-0.1, -0.05) is 12.1 Å². The van der Waals surface area contributed by atoms with Crippen LogP contribution in [0.1, 0.15) is 25.1 Å². The molecule has 0 aliphatic carbocycles. The molecule has 120 valence electrons. The Bertz CT molecular complexity index is 467. The van der Waals surface area contributed by atoms with Crippen LogP contribution in [-0.4, -0.2) is 40.2 Å². The minimum absolute atomic E-state index is 0.0717. The van der Waals surface area contributed by atoms with Gasteiger partial charge in [0.25, 0.3) is 0 Å². The molecule has 10 heteroatoms. The fraction of sp³-hybridized carbons (Fsp3) is 0.727. The Morgan fingerprint density at radius 2 is 2.14 bits per heavy atom. The average molecular weight is 314 g/mol. The smallest absolute Gasteiger partial charge is 0.330 e. The summed E-state index contributed by atoms with van der Waals surface area (Å²) in [5.41, 5.74) is 0. The Hall–Kier alpha value is -1.71. The number of hydrogen-bond acceptors (Lipinski definition) is 5. The molecule has 1 heterocycles. The van der Waals surface area contributed by atoms with Gasteiger partial charge in [0.05, 0.1) is 0 Å². The van der Waals surface area contributed by atoms with Crippen molar-refractivity contribution in [2.24, 2.45) is 5.92 Å². The number of nitrogens with zero attached hydrogens (tertiary/aromatic N) is 2. The van der Waals surface area contributed by atoms with Crippen LogP contribution in [0.25, 0.3) is 0 Å². The molecule has 6 nitrogen and oxygen atoms in total. The average Bonchev–Trinajstić information content (AvgIpc) is 2.74. The predicted octanol–water partition coefficient (Wildman–Crippen LogP) is 2.14. The lowest BCUT2D eigenvalue weighted by atomic mass is 10.0. The van der Waals surface area contributed by atoms with Crippen LogP contribution in [0.3, 0.4) is 0 Å². The molecule has 1 rings (SSSR count). The molecule has 1 unspecified atom stereocenters. The first-order valence-corrected chi connectivity index (χ1v) is 5.97. The highest BCUT2D eigenvalue weighted by Crippen LogP contribution is 2.23. The number of alkyl halides is 4. The second-order valence-corrected chi connectivity index (χ2v) is 4.57. The number of aliphatic carboxylic acids is 1. The van der Waals surface area contributed by atoms with Gasteiger partial charge in [-0.25, -0.2) is 8.78 Å². The molecule has 1 atom stereocenters. The Morgan fingerprint density at radius 3 is 2.71 bits per heavy atom. The van der Waals surface area contributed by atoms with Crippen LogP contribution in [-0.2, 0) is 22.6 Å². The van der Waals surface area contributed by atoms with Gasteiger partial charge in [-0.05, 0) is 5.92 Å². The summed E-state index contributed by atoms with van der Waals surface area (Å²) in [5.74, 6) is -5.40. The van der Waals surface area contributed by atoms with Crippen molar-refractivity contribution in [2.45, 2.75) is 38.7 Å². The summed E-state index contributed by atoms with van der Waals surface area (Å²) < 4.78 is 58.0. The summed E-state index contributed by atoms with van der Waals surface area (Å²) in [7, 11) is 0. The van der Waals surface area contributed by atoms with E-state index in [0.717, 1.165) is 0 Å². The first-order chi connectivity index (χ1) is 9.70. The van der Waals surface area contributed by atoms with E-state index in [0.29, 0.717) is 0 Å². The third-order valence-corrected chi connectivity index (χ3v) is 2.40. The molecule has 0 saturated heterocycles. The summed E-state index contributed by atoms with van der Waals surface area (Å²) in [4.78, 5) is 14.3. The van der Waals surface area contributed by atoms with Crippen LogP contribution in [0.2, 0.25) is 0 Å². The van der Waals surface area contributed by atoms with Crippen LogP contribution in [0.4, 0.5) is 17.6 Å². The van der Waals surface area contributed by atoms with E-state index in [-0.39, 0.29) is 30.5 Å². The van der Waals surface area contributed by atoms with Gasteiger partial charge in [-0.3, -0.25) is 4.79 Å². The maximum Gasteiger partial charge on any atom is 0.330 e. The highest BCUT2D eigenvalue weighted by atomic mass is 19.3. The number of carboxylic acid groups (broad SMARTS) is 1. The standard InChI is InChI=1S/C11H14F4N2O4/c1-6(3-9(18)19)2-8-16-7(17-21-8)4-20-5-11(14,15)10(12)13/h6,10H,2-5H2,1H3,(H,18,19). The number of carbonyl (C=O) groups is 1. The Labute approximate surface area is 117 Å². The van der Waals surface area contributed by atoms with Crippen LogP contribution >= 0.6 is 0 Å². The predicted molar refractivity (Wildman–Crippen MR) is 60.0 cm³/mol. The molecule has 1 aromatic heterocycles. The van der Waals surface area contributed by atoms with Crippen LogP contribution in [0.5, 0.6) is 0 Å². The van der Waals surface area contributed by atoms with Crippen molar-refractivity contribution < 1.29 is 36.7 Å². The van der Waals surface area contributed by atoms with Gasteiger partial charge in [0.2, 0.25) is 5.89 Å². The Kier molecular flexibility index (Phi) is 6.06. The van der Waals surface area contributed by atoms with E-state index in [4.69, 9.17) is 9.63 Å². The maximum absolute atomic E-state index is 12.6. The van der Waals surface area contributed by atoms with Crippen LogP contribution in [0.15, 0.2) is 4.52 Å². The molecule has 0 spiro atoms. The molecule has 0 bridgehead atoms. The number of carboxylic acids is 1. The fourth-order valence-corrected chi connectivity index (χ4v) is 1.44. The topological polar surface area (TPSA) is 85.5 Å². The molecular formula is C11H14F4N2O4. The number of halogens is 4. The highest BCUT2D eigenvalue weighted by molar-refractivity contribution is 5.66. The van der Waals surface area contributed by atoms with Gasteiger partial charge in [0.1, 0.15) is 13.2 Å². The molecule has 1 N–H and O–H groups in total. The van der Waals surface area contributed by atoms with Crippen LogP contribution < -0.4 is 0 Å². The molecule has 1 aromatic rings. The summed E-state index contributed by atoms with van der Waals surface area (Å²) in [6.45, 7) is -0.291. The third kappa shape index (κ3) is 6.06. The molecule has 0 saturated carbocycles. The number of hydrogen-bond donors (Lipinski definition) is 1. The summed E-state index contributed by atoms with van der Waals surface area (Å²) in [6, 6.07) is 0. The minimum atomic E-state index is -4.23. The quantitative estimate of drug-likeness (QED) is 0.703. The van der Waals surface area contributed by atoms with E-state index in [1.807, 2.05) is 0 Å². The Morgan fingerprint density at radius 1 is 1.48 bits per heavy atom. The van der Waals surface area contributed by atoms with E-state index in [9.17, 15) is 22.4 Å². The lowest BCUT2D eigenvalue weighted by molar-refractivity contribution is -0.168. The second kappa shape index (κ2) is 7.34. The minimum Gasteiger partial charge on any atom is -0.481 e. The first-order valence-electron chi connectivity index (χ1n) is 5.97. The lowest BCUT2D eigenvalue weighted by Gasteiger charge is -2.14. The maximum atomic E-state index is 12.6. The van der Waals surface area contributed by atoms with Gasteiger partial charge >= 0.3 is 18.3 Å². The van der Waals surface area contributed by atoms with E-state index in [2.05, 4.69) is 14.9 Å². The molecule has 0 fully saturated rings. The fourth-order valence-electron chi connectivity index (χ4n) is 1.44. The summed E-state index contributed by atoms with van der Waals surface area (Å²) >= 11 is 0. The summed E-state index contributed by atoms with van der Waals surface area (Å²) in [6.07, 6.45) is -3.70. The number of rotatable bonds is 9. The lowest BCUT2D eigenvalue weighted by Crippen LogP contribution is -2.32. The molecule has 0 aromatic carbocycles. The van der Waals surface area contributed by atoms with E-state index in [1.54, 1.807) is 6.92 Å². The molecule has 0 aliphatic heterocycles. The monoisotopic (exact) mass is 314 g/mol. The van der Waals surface area contributed by atoms with Gasteiger partial charge in [-0.2, -0.15) is 13.8 Å². The van der Waals surface area contributed by atoms with E-state index < -0.39 is 31.5 Å². The van der Waals surface area contributed by atoms with Gasteiger partial charge in [-0.15, -0.1) is 0 Å². The molecular weight excluding hydrogens is 300 g/mol. The van der Waals surface area contributed by atoms with Crippen molar-refractivity contribution in [1.82, 2.24) is 10.1 Å². The van der Waals surface area contributed by atoms with Crippen LogP contribution in [0, 0.1) is 5.92 Å².